The lowest BCUT2D eigenvalue weighted by Crippen LogP contribution is -2.29. The highest BCUT2D eigenvalue weighted by Gasteiger charge is 1.99. The Bertz CT molecular complexity index is 297. The van der Waals surface area contributed by atoms with Crippen molar-refractivity contribution in [1.29, 1.82) is 0 Å². The first-order valence-corrected chi connectivity index (χ1v) is 5.51. The summed E-state index contributed by atoms with van der Waals surface area (Å²) in [7, 11) is -4.13. The first-order valence-electron chi connectivity index (χ1n) is 4.07. The maximum Gasteiger partial charge on any atom is 0.346 e. The number of hydrogen-bond acceptors (Lipinski definition) is 5. The van der Waals surface area contributed by atoms with Crippen LogP contribution in [0, 0.1) is 0 Å². The van der Waals surface area contributed by atoms with E-state index in [0.29, 0.717) is 12.8 Å². The highest BCUT2D eigenvalue weighted by molar-refractivity contribution is 7.83. The lowest BCUT2D eigenvalue weighted by Gasteiger charge is -1.92. The average molecular weight is 258 g/mol. The first kappa shape index (κ1) is 17.2. The summed E-state index contributed by atoms with van der Waals surface area (Å²) < 4.78 is 26.2. The van der Waals surface area contributed by atoms with Crippen molar-refractivity contribution in [3.8, 4) is 0 Å². The van der Waals surface area contributed by atoms with Crippen molar-refractivity contribution in [3.63, 3.8) is 0 Å². The molecular formula is C6H14N2O7S. The van der Waals surface area contributed by atoms with E-state index in [4.69, 9.17) is 14.8 Å². The molecule has 0 aliphatic carbocycles. The molecule has 0 heterocycles. The zero-order valence-corrected chi connectivity index (χ0v) is 9.11. The second-order valence-corrected chi connectivity index (χ2v) is 3.77. The summed E-state index contributed by atoms with van der Waals surface area (Å²) in [6, 6.07) is 0. The molecule has 0 spiro atoms. The number of hydrazine groups is 1. The number of hydrogen-bond donors (Lipinski definition) is 5. The SMILES string of the molecule is NNS(=O)(=O)O.O=C(O)CCCCC(=O)O. The van der Waals surface area contributed by atoms with E-state index in [1.807, 2.05) is 0 Å². The van der Waals surface area contributed by atoms with Gasteiger partial charge in [0.05, 0.1) is 0 Å². The number of carboxylic acid groups (broad SMARTS) is 2. The van der Waals surface area contributed by atoms with Crippen molar-refractivity contribution in [3.05, 3.63) is 0 Å². The Morgan fingerprint density at radius 2 is 1.31 bits per heavy atom. The topological polar surface area (TPSA) is 167 Å². The molecule has 0 aromatic carbocycles. The Labute approximate surface area is 92.1 Å². The number of carboxylic acids is 2. The van der Waals surface area contributed by atoms with Crippen LogP contribution in [0.4, 0.5) is 0 Å². The minimum atomic E-state index is -4.13. The summed E-state index contributed by atoms with van der Waals surface area (Å²) in [6.07, 6.45) is 1.02. The van der Waals surface area contributed by atoms with Crippen LogP contribution in [-0.2, 0) is 19.9 Å². The van der Waals surface area contributed by atoms with E-state index < -0.39 is 22.2 Å². The van der Waals surface area contributed by atoms with Gasteiger partial charge in [0.25, 0.3) is 0 Å². The van der Waals surface area contributed by atoms with Crippen LogP contribution in [0.2, 0.25) is 0 Å². The van der Waals surface area contributed by atoms with E-state index in [0.717, 1.165) is 4.83 Å². The predicted molar refractivity (Wildman–Crippen MR) is 52.6 cm³/mol. The van der Waals surface area contributed by atoms with Gasteiger partial charge in [0, 0.05) is 12.8 Å². The van der Waals surface area contributed by atoms with Crippen LogP contribution in [0.15, 0.2) is 0 Å². The van der Waals surface area contributed by atoms with Crippen LogP contribution >= 0.6 is 0 Å². The number of nitrogens with two attached hydrogens (primary N) is 1. The summed E-state index contributed by atoms with van der Waals surface area (Å²) in [4.78, 5) is 20.9. The fraction of sp³-hybridized carbons (Fsp3) is 0.667. The molecule has 0 radical (unpaired) electrons. The van der Waals surface area contributed by atoms with Crippen LogP contribution in [0.1, 0.15) is 25.7 Å². The molecule has 0 fully saturated rings. The fourth-order valence-corrected chi connectivity index (χ4v) is 0.552. The molecule has 0 saturated heterocycles. The normalized spacial score (nSPS) is 10.1. The molecule has 9 nitrogen and oxygen atoms in total. The number of nitrogens with one attached hydrogen (secondary N) is 1. The second kappa shape index (κ2) is 9.03. The monoisotopic (exact) mass is 258 g/mol. The molecule has 0 unspecified atom stereocenters. The van der Waals surface area contributed by atoms with Gasteiger partial charge < -0.3 is 10.2 Å². The van der Waals surface area contributed by atoms with Crippen LogP contribution in [-0.4, -0.2) is 35.1 Å². The zero-order valence-electron chi connectivity index (χ0n) is 8.29. The summed E-state index contributed by atoms with van der Waals surface area (Å²) in [5.41, 5.74) is 0. The highest BCUT2D eigenvalue weighted by atomic mass is 32.2. The number of aliphatic carboxylic acids is 2. The fourth-order valence-electron chi connectivity index (χ4n) is 0.552. The summed E-state index contributed by atoms with van der Waals surface area (Å²) in [6.45, 7) is 0. The van der Waals surface area contributed by atoms with Crippen LogP contribution in [0.3, 0.4) is 0 Å². The molecule has 0 rings (SSSR count). The third-order valence-corrected chi connectivity index (χ3v) is 1.48. The van der Waals surface area contributed by atoms with Gasteiger partial charge in [-0.05, 0) is 12.8 Å². The quantitative estimate of drug-likeness (QED) is 0.174. The van der Waals surface area contributed by atoms with E-state index in [9.17, 15) is 18.0 Å². The van der Waals surface area contributed by atoms with Gasteiger partial charge in [0.2, 0.25) is 0 Å². The maximum absolute atomic E-state index is 9.90. The van der Waals surface area contributed by atoms with Gasteiger partial charge in [-0.2, -0.15) is 8.42 Å². The summed E-state index contributed by atoms with van der Waals surface area (Å²) >= 11 is 0. The van der Waals surface area contributed by atoms with Crippen molar-refractivity contribution >= 4 is 22.2 Å². The van der Waals surface area contributed by atoms with Crippen molar-refractivity contribution in [2.75, 3.05) is 0 Å². The van der Waals surface area contributed by atoms with Crippen LogP contribution in [0.5, 0.6) is 0 Å². The summed E-state index contributed by atoms with van der Waals surface area (Å²) in [5, 5.41) is 16.3. The number of rotatable bonds is 6. The van der Waals surface area contributed by atoms with Gasteiger partial charge >= 0.3 is 22.2 Å². The summed E-state index contributed by atoms with van der Waals surface area (Å²) in [5.74, 6) is 2.48. The van der Waals surface area contributed by atoms with Gasteiger partial charge in [-0.1, -0.05) is 0 Å². The molecule has 16 heavy (non-hydrogen) atoms. The Morgan fingerprint density at radius 3 is 1.44 bits per heavy atom. The molecule has 0 aromatic heterocycles. The third kappa shape index (κ3) is 23.0. The minimum Gasteiger partial charge on any atom is -0.481 e. The van der Waals surface area contributed by atoms with Crippen molar-refractivity contribution < 1.29 is 32.8 Å². The third-order valence-electron chi connectivity index (χ3n) is 1.18. The molecule has 96 valence electrons. The standard InChI is InChI=1S/C6H10O4.H4N2O3S/c7-5(8)3-1-2-4-6(9)10;1-2-6(3,4)5/h1-4H2,(H,7,8)(H,9,10);2H,1H2,(H,3,4,5). The van der Waals surface area contributed by atoms with Gasteiger partial charge in [0.15, 0.2) is 0 Å². The van der Waals surface area contributed by atoms with Crippen molar-refractivity contribution in [2.45, 2.75) is 25.7 Å². The van der Waals surface area contributed by atoms with Gasteiger partial charge in [-0.15, -0.1) is 4.83 Å². The molecule has 0 aliphatic rings. The molecule has 0 amide bonds. The molecule has 0 atom stereocenters. The smallest absolute Gasteiger partial charge is 0.346 e. The van der Waals surface area contributed by atoms with Crippen molar-refractivity contribution in [1.82, 2.24) is 4.83 Å². The Balaban J connectivity index is 0. The van der Waals surface area contributed by atoms with Gasteiger partial charge in [-0.3, -0.25) is 20.0 Å². The number of unbranched alkanes of at least 4 members (excludes halogenated alkanes) is 1. The molecule has 10 heteroatoms. The van der Waals surface area contributed by atoms with Crippen LogP contribution < -0.4 is 10.7 Å². The molecular weight excluding hydrogens is 244 g/mol. The molecule has 0 aromatic rings. The molecule has 0 aliphatic heterocycles. The van der Waals surface area contributed by atoms with E-state index >= 15 is 0 Å². The van der Waals surface area contributed by atoms with Gasteiger partial charge in [-0.25, -0.2) is 0 Å². The molecule has 0 saturated carbocycles. The first-order chi connectivity index (χ1) is 7.19. The van der Waals surface area contributed by atoms with Crippen molar-refractivity contribution in [2.24, 2.45) is 5.84 Å². The predicted octanol–water partition coefficient (Wildman–Crippen LogP) is -1.03. The average Bonchev–Trinajstić information content (AvgIpc) is 2.12. The van der Waals surface area contributed by atoms with E-state index in [1.54, 1.807) is 0 Å². The number of carbonyl (C=O) groups is 2. The molecule has 6 N–H and O–H groups in total. The lowest BCUT2D eigenvalue weighted by molar-refractivity contribution is -0.139. The maximum atomic E-state index is 9.90. The Hall–Kier alpha value is -1.23. The van der Waals surface area contributed by atoms with Gasteiger partial charge in [0.1, 0.15) is 0 Å². The minimum absolute atomic E-state index is 0.0628. The largest absolute Gasteiger partial charge is 0.481 e. The van der Waals surface area contributed by atoms with Crippen LogP contribution in [0.25, 0.3) is 0 Å². The second-order valence-electron chi connectivity index (χ2n) is 2.59. The molecule has 0 bridgehead atoms. The van der Waals surface area contributed by atoms with E-state index in [1.165, 1.54) is 0 Å². The zero-order chi connectivity index (χ0) is 13.2. The highest BCUT2D eigenvalue weighted by Crippen LogP contribution is 1.98. The lowest BCUT2D eigenvalue weighted by atomic mass is 10.2. The Kier molecular flexibility index (Phi) is 9.69. The Morgan fingerprint density at radius 1 is 1.06 bits per heavy atom. The van der Waals surface area contributed by atoms with E-state index in [2.05, 4.69) is 5.84 Å². The van der Waals surface area contributed by atoms with E-state index in [-0.39, 0.29) is 12.8 Å².